The fourth-order valence-corrected chi connectivity index (χ4v) is 2.15. The first kappa shape index (κ1) is 14.9. The van der Waals surface area contributed by atoms with Gasteiger partial charge in [0.15, 0.2) is 0 Å². The highest BCUT2D eigenvalue weighted by Gasteiger charge is 2.13. The maximum absolute atomic E-state index is 11.0. The Kier molecular flexibility index (Phi) is 4.48. The first-order valence-corrected chi connectivity index (χ1v) is 6.78. The summed E-state index contributed by atoms with van der Waals surface area (Å²) in [6, 6.07) is 10.6. The van der Waals surface area contributed by atoms with Crippen LogP contribution >= 0.6 is 0 Å². The average Bonchev–Trinajstić information content (AvgIpc) is 2.45. The van der Waals surface area contributed by atoms with Crippen LogP contribution in [-0.4, -0.2) is 16.2 Å². The van der Waals surface area contributed by atoms with Crippen LogP contribution in [0.4, 0.5) is 0 Å². The van der Waals surface area contributed by atoms with E-state index in [1.807, 2.05) is 19.1 Å². The number of hydrogen-bond donors (Lipinski definition) is 2. The molecule has 110 valence electrons. The Labute approximate surface area is 123 Å². The monoisotopic (exact) mass is 286 g/mol. The molecule has 0 aromatic heterocycles. The van der Waals surface area contributed by atoms with E-state index in [4.69, 9.17) is 9.84 Å². The van der Waals surface area contributed by atoms with Crippen LogP contribution in [0, 0.1) is 6.92 Å². The summed E-state index contributed by atoms with van der Waals surface area (Å²) in [5.74, 6) is -0.682. The van der Waals surface area contributed by atoms with Gasteiger partial charge in [0, 0.05) is 5.56 Å². The van der Waals surface area contributed by atoms with E-state index < -0.39 is 5.97 Å². The largest absolute Gasteiger partial charge is 0.507 e. The number of phenols is 1. The summed E-state index contributed by atoms with van der Waals surface area (Å²) in [6.07, 6.45) is 0.914. The zero-order valence-corrected chi connectivity index (χ0v) is 12.1. The lowest BCUT2D eigenvalue weighted by molar-refractivity contribution is 0.0693. The van der Waals surface area contributed by atoms with E-state index in [-0.39, 0.29) is 17.9 Å². The van der Waals surface area contributed by atoms with Crippen LogP contribution in [0.15, 0.2) is 36.4 Å². The van der Waals surface area contributed by atoms with Gasteiger partial charge in [-0.2, -0.15) is 0 Å². The van der Waals surface area contributed by atoms with Crippen molar-refractivity contribution < 1.29 is 19.7 Å². The molecule has 4 heteroatoms. The molecule has 2 aromatic rings. The van der Waals surface area contributed by atoms with Gasteiger partial charge >= 0.3 is 5.97 Å². The highest BCUT2D eigenvalue weighted by molar-refractivity contribution is 5.91. The molecule has 0 saturated carbocycles. The summed E-state index contributed by atoms with van der Waals surface area (Å²) >= 11 is 0. The van der Waals surface area contributed by atoms with Crippen LogP contribution in [-0.2, 0) is 13.0 Å². The third kappa shape index (κ3) is 3.54. The van der Waals surface area contributed by atoms with Crippen molar-refractivity contribution in [3.05, 3.63) is 58.7 Å². The zero-order valence-electron chi connectivity index (χ0n) is 12.1. The zero-order chi connectivity index (χ0) is 15.4. The molecule has 0 spiro atoms. The summed E-state index contributed by atoms with van der Waals surface area (Å²) < 4.78 is 5.68. The molecule has 0 aliphatic carbocycles. The number of carbonyl (C=O) groups is 1. The first-order chi connectivity index (χ1) is 10.0. The van der Waals surface area contributed by atoms with Crippen LogP contribution < -0.4 is 4.74 Å². The Hall–Kier alpha value is -2.49. The number of carboxylic acid groups (broad SMARTS) is 1. The van der Waals surface area contributed by atoms with Crippen molar-refractivity contribution in [2.45, 2.75) is 26.9 Å². The van der Waals surface area contributed by atoms with Gasteiger partial charge in [-0.3, -0.25) is 0 Å². The minimum absolute atomic E-state index is 0.116. The summed E-state index contributed by atoms with van der Waals surface area (Å²) in [7, 11) is 0. The summed E-state index contributed by atoms with van der Waals surface area (Å²) in [5.41, 5.74) is 2.62. The summed E-state index contributed by atoms with van der Waals surface area (Å²) in [5, 5.41) is 18.9. The van der Waals surface area contributed by atoms with Crippen molar-refractivity contribution in [3.63, 3.8) is 0 Å². The van der Waals surface area contributed by atoms with E-state index in [0.717, 1.165) is 12.0 Å². The van der Waals surface area contributed by atoms with E-state index in [1.54, 1.807) is 12.1 Å². The van der Waals surface area contributed by atoms with Gasteiger partial charge in [-0.25, -0.2) is 4.79 Å². The maximum atomic E-state index is 11.0. The predicted molar refractivity (Wildman–Crippen MR) is 80.0 cm³/mol. The standard InChI is InChI=1S/C17H18O4/c1-3-12-7-11(2)8-14(9-12)21-10-13-5-4-6-15(16(13)18)17(19)20/h4-9,18H,3,10H2,1-2H3,(H,19,20). The molecule has 0 aliphatic rings. The number of rotatable bonds is 5. The Morgan fingerprint density at radius 3 is 2.67 bits per heavy atom. The van der Waals surface area contributed by atoms with Gasteiger partial charge in [0.05, 0.1) is 0 Å². The van der Waals surface area contributed by atoms with Crippen LogP contribution in [0.3, 0.4) is 0 Å². The van der Waals surface area contributed by atoms with Gasteiger partial charge < -0.3 is 14.9 Å². The van der Waals surface area contributed by atoms with Crippen LogP contribution in [0.25, 0.3) is 0 Å². The number of ether oxygens (including phenoxy) is 1. The van der Waals surface area contributed by atoms with E-state index >= 15 is 0 Å². The van der Waals surface area contributed by atoms with Crippen molar-refractivity contribution in [2.24, 2.45) is 0 Å². The summed E-state index contributed by atoms with van der Waals surface area (Å²) in [4.78, 5) is 11.0. The van der Waals surface area contributed by atoms with Crippen molar-refractivity contribution in [1.29, 1.82) is 0 Å². The van der Waals surface area contributed by atoms with Crippen molar-refractivity contribution in [1.82, 2.24) is 0 Å². The lowest BCUT2D eigenvalue weighted by Gasteiger charge is -2.11. The smallest absolute Gasteiger partial charge is 0.339 e. The molecule has 0 aliphatic heterocycles. The van der Waals surface area contributed by atoms with Gasteiger partial charge in [-0.1, -0.05) is 25.1 Å². The molecule has 0 heterocycles. The van der Waals surface area contributed by atoms with E-state index in [9.17, 15) is 9.90 Å². The lowest BCUT2D eigenvalue weighted by atomic mass is 10.1. The molecule has 0 fully saturated rings. The normalized spacial score (nSPS) is 10.4. The first-order valence-electron chi connectivity index (χ1n) is 6.78. The Balaban J connectivity index is 2.19. The SMILES string of the molecule is CCc1cc(C)cc(OCc2cccc(C(=O)O)c2O)c1. The number of aryl methyl sites for hydroxylation is 2. The second-order valence-corrected chi connectivity index (χ2v) is 4.91. The van der Waals surface area contributed by atoms with Gasteiger partial charge in [0.25, 0.3) is 0 Å². The Morgan fingerprint density at radius 2 is 2.00 bits per heavy atom. The van der Waals surface area contributed by atoms with Crippen molar-refractivity contribution >= 4 is 5.97 Å². The fraction of sp³-hybridized carbons (Fsp3) is 0.235. The molecular formula is C17H18O4. The lowest BCUT2D eigenvalue weighted by Crippen LogP contribution is -2.02. The molecule has 21 heavy (non-hydrogen) atoms. The van der Waals surface area contributed by atoms with Crippen LogP contribution in [0.1, 0.15) is 34.0 Å². The molecule has 0 atom stereocenters. The minimum atomic E-state index is -1.15. The third-order valence-corrected chi connectivity index (χ3v) is 3.26. The number of benzene rings is 2. The second-order valence-electron chi connectivity index (χ2n) is 4.91. The van der Waals surface area contributed by atoms with E-state index in [0.29, 0.717) is 11.3 Å². The number of aromatic hydroxyl groups is 1. The van der Waals surface area contributed by atoms with Crippen molar-refractivity contribution in [2.75, 3.05) is 0 Å². The Bertz CT molecular complexity index is 662. The number of para-hydroxylation sites is 1. The molecule has 0 amide bonds. The number of carboxylic acids is 1. The molecule has 0 saturated heterocycles. The van der Waals surface area contributed by atoms with Gasteiger partial charge in [-0.15, -0.1) is 0 Å². The third-order valence-electron chi connectivity index (χ3n) is 3.26. The molecule has 0 bridgehead atoms. The molecule has 2 aromatic carbocycles. The molecule has 2 N–H and O–H groups in total. The topological polar surface area (TPSA) is 66.8 Å². The molecule has 0 unspecified atom stereocenters. The predicted octanol–water partition coefficient (Wildman–Crippen LogP) is 3.54. The average molecular weight is 286 g/mol. The molecule has 4 nitrogen and oxygen atoms in total. The van der Waals surface area contributed by atoms with Gasteiger partial charge in [0.1, 0.15) is 23.7 Å². The molecule has 2 rings (SSSR count). The van der Waals surface area contributed by atoms with Crippen LogP contribution in [0.2, 0.25) is 0 Å². The molecule has 0 radical (unpaired) electrons. The Morgan fingerprint density at radius 1 is 1.24 bits per heavy atom. The summed E-state index contributed by atoms with van der Waals surface area (Å²) in [6.45, 7) is 4.19. The highest BCUT2D eigenvalue weighted by atomic mass is 16.5. The van der Waals surface area contributed by atoms with Crippen LogP contribution in [0.5, 0.6) is 11.5 Å². The molecular weight excluding hydrogens is 268 g/mol. The number of hydrogen-bond acceptors (Lipinski definition) is 3. The van der Waals surface area contributed by atoms with Crippen molar-refractivity contribution in [3.8, 4) is 11.5 Å². The van der Waals surface area contributed by atoms with E-state index in [2.05, 4.69) is 13.0 Å². The fourth-order valence-electron chi connectivity index (χ4n) is 2.15. The van der Waals surface area contributed by atoms with Gasteiger partial charge in [0.2, 0.25) is 0 Å². The minimum Gasteiger partial charge on any atom is -0.507 e. The second kappa shape index (κ2) is 6.31. The van der Waals surface area contributed by atoms with E-state index in [1.165, 1.54) is 11.6 Å². The maximum Gasteiger partial charge on any atom is 0.339 e. The number of aromatic carboxylic acids is 1. The van der Waals surface area contributed by atoms with Gasteiger partial charge in [-0.05, 0) is 42.7 Å². The highest BCUT2D eigenvalue weighted by Crippen LogP contribution is 2.25. The quantitative estimate of drug-likeness (QED) is 0.882.